The average Bonchev–Trinajstić information content (AvgIpc) is 3.15. The zero-order valence-corrected chi connectivity index (χ0v) is 12.2. The summed E-state index contributed by atoms with van der Waals surface area (Å²) in [5.41, 5.74) is 1.23. The molecule has 0 unspecified atom stereocenters. The Bertz CT molecular complexity index is 781. The van der Waals surface area contributed by atoms with Crippen LogP contribution in [-0.2, 0) is 5.75 Å². The maximum absolute atomic E-state index is 10.8. The van der Waals surface area contributed by atoms with Gasteiger partial charge in [0, 0.05) is 5.75 Å². The van der Waals surface area contributed by atoms with Gasteiger partial charge in [-0.2, -0.15) is 0 Å². The van der Waals surface area contributed by atoms with Crippen molar-refractivity contribution < 1.29 is 14.3 Å². The van der Waals surface area contributed by atoms with Crippen molar-refractivity contribution in [1.29, 1.82) is 0 Å². The molecule has 0 saturated carbocycles. The van der Waals surface area contributed by atoms with Crippen LogP contribution in [0.15, 0.2) is 52.2 Å². The Morgan fingerprint density at radius 2 is 2.05 bits per heavy atom. The zero-order valence-electron chi connectivity index (χ0n) is 11.3. The van der Waals surface area contributed by atoms with Gasteiger partial charge < -0.3 is 15.4 Å². The molecule has 112 valence electrons. The molecule has 0 atom stereocenters. The number of carboxylic acids is 1. The third-order valence-corrected chi connectivity index (χ3v) is 3.99. The molecule has 0 aliphatic rings. The van der Waals surface area contributed by atoms with Crippen LogP contribution in [0.25, 0.3) is 11.6 Å². The first-order chi connectivity index (χ1) is 10.6. The minimum absolute atomic E-state index is 0.260. The highest BCUT2D eigenvalue weighted by atomic mass is 32.2. The van der Waals surface area contributed by atoms with Gasteiger partial charge >= 0.3 is 5.97 Å². The summed E-state index contributed by atoms with van der Waals surface area (Å²) in [6, 6.07) is 10.2. The van der Waals surface area contributed by atoms with Crippen molar-refractivity contribution >= 4 is 17.7 Å². The van der Waals surface area contributed by atoms with Crippen molar-refractivity contribution in [3.63, 3.8) is 0 Å². The van der Waals surface area contributed by atoms with Crippen molar-refractivity contribution in [2.24, 2.45) is 0 Å². The molecular formula is C14H12N4O3S. The van der Waals surface area contributed by atoms with Gasteiger partial charge in [-0.15, -0.1) is 10.2 Å². The van der Waals surface area contributed by atoms with Crippen molar-refractivity contribution in [3.05, 3.63) is 53.8 Å². The van der Waals surface area contributed by atoms with Gasteiger partial charge in [0.1, 0.15) is 0 Å². The largest absolute Gasteiger partial charge is 0.478 e. The molecule has 3 N–H and O–H groups in total. The topological polar surface area (TPSA) is 107 Å². The monoisotopic (exact) mass is 316 g/mol. The number of nitrogen functional groups attached to an aromatic ring is 1. The second kappa shape index (κ2) is 5.94. The van der Waals surface area contributed by atoms with Crippen LogP contribution in [0.2, 0.25) is 0 Å². The first-order valence-corrected chi connectivity index (χ1v) is 7.33. The fourth-order valence-electron chi connectivity index (χ4n) is 1.84. The number of aromatic carboxylic acids is 1. The van der Waals surface area contributed by atoms with E-state index in [1.165, 1.54) is 16.4 Å². The Kier molecular flexibility index (Phi) is 3.84. The summed E-state index contributed by atoms with van der Waals surface area (Å²) in [6.45, 7) is 0. The maximum atomic E-state index is 10.8. The van der Waals surface area contributed by atoms with Crippen LogP contribution in [0.5, 0.6) is 0 Å². The van der Waals surface area contributed by atoms with Crippen LogP contribution >= 0.6 is 11.8 Å². The Morgan fingerprint density at radius 1 is 1.27 bits per heavy atom. The Morgan fingerprint density at radius 3 is 2.68 bits per heavy atom. The molecule has 0 fully saturated rings. The summed E-state index contributed by atoms with van der Waals surface area (Å²) in [4.78, 5) is 10.8. The molecule has 0 bridgehead atoms. The van der Waals surface area contributed by atoms with Gasteiger partial charge in [0.2, 0.25) is 11.0 Å². The van der Waals surface area contributed by atoms with Gasteiger partial charge in [-0.1, -0.05) is 23.9 Å². The van der Waals surface area contributed by atoms with Gasteiger partial charge in [0.15, 0.2) is 5.76 Å². The van der Waals surface area contributed by atoms with Gasteiger partial charge in [-0.25, -0.2) is 9.47 Å². The molecule has 0 spiro atoms. The molecule has 3 aromatic rings. The lowest BCUT2D eigenvalue weighted by Gasteiger charge is -2.03. The molecular weight excluding hydrogens is 304 g/mol. The van der Waals surface area contributed by atoms with Crippen LogP contribution < -0.4 is 5.84 Å². The Balaban J connectivity index is 1.70. The minimum Gasteiger partial charge on any atom is -0.478 e. The number of nitrogens with zero attached hydrogens (tertiary/aromatic N) is 3. The summed E-state index contributed by atoms with van der Waals surface area (Å²) in [5.74, 6) is 6.62. The second-order valence-corrected chi connectivity index (χ2v) is 5.39. The van der Waals surface area contributed by atoms with E-state index in [0.29, 0.717) is 22.5 Å². The quantitative estimate of drug-likeness (QED) is 0.549. The van der Waals surface area contributed by atoms with E-state index in [4.69, 9.17) is 15.4 Å². The summed E-state index contributed by atoms with van der Waals surface area (Å²) < 4.78 is 6.61. The second-order valence-electron chi connectivity index (χ2n) is 4.44. The molecule has 0 saturated heterocycles. The zero-order chi connectivity index (χ0) is 15.5. The Labute approximate surface area is 129 Å². The number of hydrogen-bond acceptors (Lipinski definition) is 6. The first kappa shape index (κ1) is 14.2. The lowest BCUT2D eigenvalue weighted by molar-refractivity contribution is 0.0697. The number of nitrogens with two attached hydrogens (primary N) is 1. The fourth-order valence-corrected chi connectivity index (χ4v) is 2.65. The van der Waals surface area contributed by atoms with E-state index in [1.807, 2.05) is 0 Å². The van der Waals surface area contributed by atoms with Crippen molar-refractivity contribution in [1.82, 2.24) is 14.9 Å². The van der Waals surface area contributed by atoms with Crippen LogP contribution in [-0.4, -0.2) is 25.9 Å². The molecule has 0 aliphatic carbocycles. The third-order valence-electron chi connectivity index (χ3n) is 2.97. The average molecular weight is 316 g/mol. The number of aromatic nitrogens is 3. The van der Waals surface area contributed by atoms with Crippen molar-refractivity contribution in [3.8, 4) is 11.6 Å². The van der Waals surface area contributed by atoms with E-state index in [0.717, 1.165) is 5.56 Å². The molecule has 3 rings (SSSR count). The van der Waals surface area contributed by atoms with Gasteiger partial charge in [-0.05, 0) is 29.8 Å². The maximum Gasteiger partial charge on any atom is 0.335 e. The van der Waals surface area contributed by atoms with E-state index in [-0.39, 0.29) is 5.56 Å². The SMILES string of the molecule is Nn1c(SCc2ccc(C(=O)O)cc2)nnc1-c1ccco1. The van der Waals surface area contributed by atoms with E-state index in [9.17, 15) is 4.79 Å². The number of hydrogen-bond donors (Lipinski definition) is 2. The fraction of sp³-hybridized carbons (Fsp3) is 0.0714. The number of rotatable bonds is 5. The number of thioether (sulfide) groups is 1. The van der Waals surface area contributed by atoms with Crippen molar-refractivity contribution in [2.45, 2.75) is 10.9 Å². The highest BCUT2D eigenvalue weighted by Crippen LogP contribution is 2.24. The predicted molar refractivity (Wildman–Crippen MR) is 80.8 cm³/mol. The highest BCUT2D eigenvalue weighted by molar-refractivity contribution is 7.98. The molecule has 2 heterocycles. The normalized spacial score (nSPS) is 10.7. The first-order valence-electron chi connectivity index (χ1n) is 6.34. The van der Waals surface area contributed by atoms with E-state index in [1.54, 1.807) is 42.7 Å². The summed E-state index contributed by atoms with van der Waals surface area (Å²) in [7, 11) is 0. The van der Waals surface area contributed by atoms with Gasteiger partial charge in [0.25, 0.3) is 0 Å². The van der Waals surface area contributed by atoms with Crippen LogP contribution in [0, 0.1) is 0 Å². The minimum atomic E-state index is -0.941. The summed E-state index contributed by atoms with van der Waals surface area (Å²) in [5, 5.41) is 17.4. The predicted octanol–water partition coefficient (Wildman–Crippen LogP) is 2.24. The number of carboxylic acid groups (broad SMARTS) is 1. The summed E-state index contributed by atoms with van der Waals surface area (Å²) >= 11 is 1.41. The van der Waals surface area contributed by atoms with Crippen LogP contribution in [0.1, 0.15) is 15.9 Å². The number of benzene rings is 1. The summed E-state index contributed by atoms with van der Waals surface area (Å²) in [6.07, 6.45) is 1.54. The molecule has 0 radical (unpaired) electrons. The van der Waals surface area contributed by atoms with E-state index in [2.05, 4.69) is 10.2 Å². The molecule has 22 heavy (non-hydrogen) atoms. The molecule has 8 heteroatoms. The number of furan rings is 1. The van der Waals surface area contributed by atoms with Crippen molar-refractivity contribution in [2.75, 3.05) is 5.84 Å². The molecule has 7 nitrogen and oxygen atoms in total. The number of carbonyl (C=O) groups is 1. The highest BCUT2D eigenvalue weighted by Gasteiger charge is 2.14. The van der Waals surface area contributed by atoms with Gasteiger partial charge in [-0.3, -0.25) is 0 Å². The lowest BCUT2D eigenvalue weighted by Crippen LogP contribution is -2.11. The molecule has 2 aromatic heterocycles. The van der Waals surface area contributed by atoms with E-state index < -0.39 is 5.97 Å². The smallest absolute Gasteiger partial charge is 0.335 e. The van der Waals surface area contributed by atoms with E-state index >= 15 is 0 Å². The standard InChI is InChI=1S/C14H12N4O3S/c15-18-12(11-2-1-7-21-11)16-17-14(18)22-8-9-3-5-10(6-4-9)13(19)20/h1-7H,8,15H2,(H,19,20). The van der Waals surface area contributed by atoms with Crippen LogP contribution in [0.3, 0.4) is 0 Å². The lowest BCUT2D eigenvalue weighted by atomic mass is 10.1. The molecule has 0 aliphatic heterocycles. The van der Waals surface area contributed by atoms with Crippen LogP contribution in [0.4, 0.5) is 0 Å². The molecule has 0 amide bonds. The Hall–Kier alpha value is -2.74. The molecule has 1 aromatic carbocycles. The van der Waals surface area contributed by atoms with Gasteiger partial charge in [0.05, 0.1) is 11.8 Å². The third kappa shape index (κ3) is 2.82.